The lowest BCUT2D eigenvalue weighted by Crippen LogP contribution is -1.99. The summed E-state index contributed by atoms with van der Waals surface area (Å²) in [5.41, 5.74) is 0.911. The van der Waals surface area contributed by atoms with Gasteiger partial charge in [-0.05, 0) is 6.42 Å². The second-order valence-electron chi connectivity index (χ2n) is 3.57. The molecule has 0 aromatic carbocycles. The SMILES string of the molecule is C#CCC.CCCC.CCc1cn(CCF)nn1. The van der Waals surface area contributed by atoms with Gasteiger partial charge in [0.1, 0.15) is 6.67 Å². The van der Waals surface area contributed by atoms with Crippen LogP contribution in [-0.4, -0.2) is 21.7 Å². The summed E-state index contributed by atoms with van der Waals surface area (Å²) in [5, 5.41) is 7.50. The van der Waals surface area contributed by atoms with Crippen LogP contribution in [0.25, 0.3) is 0 Å². The smallest absolute Gasteiger partial charge is 0.109 e. The molecule has 0 N–H and O–H groups in total. The van der Waals surface area contributed by atoms with E-state index in [1.807, 2.05) is 13.8 Å². The van der Waals surface area contributed by atoms with Crippen LogP contribution in [0, 0.1) is 12.3 Å². The van der Waals surface area contributed by atoms with Gasteiger partial charge in [-0.15, -0.1) is 17.4 Å². The molecule has 1 aromatic rings. The van der Waals surface area contributed by atoms with Crippen LogP contribution >= 0.6 is 0 Å². The lowest BCUT2D eigenvalue weighted by Gasteiger charge is -1.89. The third-order valence-electron chi connectivity index (χ3n) is 1.97. The predicted octanol–water partition coefficient (Wildman–Crippen LogP) is 3.65. The van der Waals surface area contributed by atoms with Crippen LogP contribution in [0.5, 0.6) is 0 Å². The number of halogens is 1. The molecule has 0 amide bonds. The van der Waals surface area contributed by atoms with Gasteiger partial charge >= 0.3 is 0 Å². The molecule has 18 heavy (non-hydrogen) atoms. The lowest BCUT2D eigenvalue weighted by molar-refractivity contribution is 0.422. The molecule has 0 radical (unpaired) electrons. The number of unbranched alkanes of at least 4 members (excludes halogenated alkanes) is 1. The number of aryl methyl sites for hydroxylation is 2. The van der Waals surface area contributed by atoms with Crippen LogP contribution in [0.1, 0.15) is 52.7 Å². The zero-order chi connectivity index (χ0) is 14.2. The Morgan fingerprint density at radius 3 is 2.11 bits per heavy atom. The zero-order valence-corrected chi connectivity index (χ0v) is 12.1. The molecule has 0 aliphatic heterocycles. The Kier molecular flexibility index (Phi) is 16.5. The van der Waals surface area contributed by atoms with Gasteiger partial charge in [-0.25, -0.2) is 9.07 Å². The first-order valence-corrected chi connectivity index (χ1v) is 6.58. The van der Waals surface area contributed by atoms with Gasteiger partial charge < -0.3 is 0 Å². The summed E-state index contributed by atoms with van der Waals surface area (Å²) in [7, 11) is 0. The summed E-state index contributed by atoms with van der Waals surface area (Å²) in [4.78, 5) is 0. The van der Waals surface area contributed by atoms with E-state index in [1.165, 1.54) is 17.5 Å². The maximum Gasteiger partial charge on any atom is 0.109 e. The Labute approximate surface area is 111 Å². The number of hydrogen-bond acceptors (Lipinski definition) is 2. The minimum absolute atomic E-state index is 0.312. The number of alkyl halides is 1. The fourth-order valence-electron chi connectivity index (χ4n) is 0.696. The summed E-state index contributed by atoms with van der Waals surface area (Å²) >= 11 is 0. The van der Waals surface area contributed by atoms with Crippen molar-refractivity contribution in [2.45, 2.75) is 59.9 Å². The van der Waals surface area contributed by atoms with E-state index in [0.717, 1.165) is 18.5 Å². The first-order valence-electron chi connectivity index (χ1n) is 6.58. The van der Waals surface area contributed by atoms with Crippen molar-refractivity contribution < 1.29 is 4.39 Å². The molecule has 1 aromatic heterocycles. The second kappa shape index (κ2) is 15.6. The highest BCUT2D eigenvalue weighted by atomic mass is 19.1. The maximum absolute atomic E-state index is 11.7. The van der Waals surface area contributed by atoms with Gasteiger partial charge in [0.05, 0.1) is 12.2 Å². The average molecular weight is 255 g/mol. The highest BCUT2D eigenvalue weighted by molar-refractivity contribution is 4.90. The van der Waals surface area contributed by atoms with Crippen molar-refractivity contribution in [1.82, 2.24) is 15.0 Å². The summed E-state index contributed by atoms with van der Waals surface area (Å²) < 4.78 is 13.2. The Bertz CT molecular complexity index is 300. The van der Waals surface area contributed by atoms with Crippen LogP contribution < -0.4 is 0 Å². The molecule has 0 atom stereocenters. The van der Waals surface area contributed by atoms with Crippen LogP contribution in [-0.2, 0) is 13.0 Å². The molecule has 1 rings (SSSR count). The average Bonchev–Trinajstić information content (AvgIpc) is 2.87. The van der Waals surface area contributed by atoms with E-state index in [-0.39, 0.29) is 6.67 Å². The van der Waals surface area contributed by atoms with Gasteiger partial charge in [0.2, 0.25) is 0 Å². The van der Waals surface area contributed by atoms with Gasteiger partial charge in [0, 0.05) is 12.6 Å². The van der Waals surface area contributed by atoms with E-state index in [9.17, 15) is 4.39 Å². The molecule has 0 bridgehead atoms. The Morgan fingerprint density at radius 1 is 1.28 bits per heavy atom. The maximum atomic E-state index is 11.7. The van der Waals surface area contributed by atoms with Gasteiger partial charge in [-0.3, -0.25) is 0 Å². The Balaban J connectivity index is 0. The van der Waals surface area contributed by atoms with Crippen molar-refractivity contribution in [2.75, 3.05) is 6.67 Å². The largest absolute Gasteiger partial charge is 0.250 e. The first-order chi connectivity index (χ1) is 8.69. The first kappa shape index (κ1) is 19.0. The van der Waals surface area contributed by atoms with Crippen LogP contribution in [0.4, 0.5) is 4.39 Å². The molecular weight excluding hydrogens is 229 g/mol. The highest BCUT2D eigenvalue weighted by Crippen LogP contribution is 1.92. The second-order valence-corrected chi connectivity index (χ2v) is 3.57. The predicted molar refractivity (Wildman–Crippen MR) is 75.1 cm³/mol. The molecule has 0 fully saturated rings. The van der Waals surface area contributed by atoms with Crippen molar-refractivity contribution in [2.24, 2.45) is 0 Å². The van der Waals surface area contributed by atoms with Crippen molar-refractivity contribution in [3.8, 4) is 12.3 Å². The molecule has 0 aliphatic rings. The number of terminal acetylenes is 1. The van der Waals surface area contributed by atoms with Crippen molar-refractivity contribution in [1.29, 1.82) is 0 Å². The van der Waals surface area contributed by atoms with E-state index in [1.54, 1.807) is 6.20 Å². The van der Waals surface area contributed by atoms with Gasteiger partial charge in [-0.2, -0.15) is 0 Å². The summed E-state index contributed by atoms with van der Waals surface area (Å²) in [6.45, 7) is 8.23. The van der Waals surface area contributed by atoms with Crippen LogP contribution in [0.3, 0.4) is 0 Å². The minimum atomic E-state index is -0.382. The third-order valence-corrected chi connectivity index (χ3v) is 1.97. The Morgan fingerprint density at radius 2 is 1.83 bits per heavy atom. The van der Waals surface area contributed by atoms with E-state index in [4.69, 9.17) is 6.42 Å². The normalized spacial score (nSPS) is 8.44. The molecular formula is C14H26FN3. The third kappa shape index (κ3) is 12.7. The number of nitrogens with zero attached hydrogens (tertiary/aromatic N) is 3. The van der Waals surface area contributed by atoms with Crippen molar-refractivity contribution in [3.05, 3.63) is 11.9 Å². The molecule has 104 valence electrons. The van der Waals surface area contributed by atoms with Crippen molar-refractivity contribution in [3.63, 3.8) is 0 Å². The topological polar surface area (TPSA) is 30.7 Å². The molecule has 0 aliphatic carbocycles. The summed E-state index contributed by atoms with van der Waals surface area (Å²) in [5.74, 6) is 2.43. The molecule has 0 saturated carbocycles. The Hall–Kier alpha value is -1.37. The van der Waals surface area contributed by atoms with E-state index < -0.39 is 0 Å². The number of hydrogen-bond donors (Lipinski definition) is 0. The van der Waals surface area contributed by atoms with Crippen LogP contribution in [0.2, 0.25) is 0 Å². The zero-order valence-electron chi connectivity index (χ0n) is 12.1. The molecule has 4 heteroatoms. The monoisotopic (exact) mass is 255 g/mol. The van der Waals surface area contributed by atoms with Gasteiger partial charge in [0.15, 0.2) is 0 Å². The quantitative estimate of drug-likeness (QED) is 0.769. The number of aromatic nitrogens is 3. The number of rotatable bonds is 4. The fourth-order valence-corrected chi connectivity index (χ4v) is 0.696. The standard InChI is InChI=1S/C6H10FN3.C4H10.C4H6/c1-2-6-5-10(4-3-7)9-8-6;2*1-3-4-2/h5H,2-4H2,1H3;3-4H2,1-2H3;1H,4H2,2H3. The fraction of sp³-hybridized carbons (Fsp3) is 0.714. The van der Waals surface area contributed by atoms with E-state index in [2.05, 4.69) is 30.1 Å². The van der Waals surface area contributed by atoms with Crippen LogP contribution in [0.15, 0.2) is 6.20 Å². The highest BCUT2D eigenvalue weighted by Gasteiger charge is 1.95. The lowest BCUT2D eigenvalue weighted by atomic mass is 10.4. The summed E-state index contributed by atoms with van der Waals surface area (Å²) in [6, 6.07) is 0. The van der Waals surface area contributed by atoms with Gasteiger partial charge in [-0.1, -0.05) is 45.7 Å². The molecule has 0 unspecified atom stereocenters. The molecule has 0 spiro atoms. The molecule has 0 saturated heterocycles. The van der Waals surface area contributed by atoms with Gasteiger partial charge in [0.25, 0.3) is 0 Å². The minimum Gasteiger partial charge on any atom is -0.250 e. The molecule has 3 nitrogen and oxygen atoms in total. The molecule has 1 heterocycles. The van der Waals surface area contributed by atoms with E-state index >= 15 is 0 Å². The van der Waals surface area contributed by atoms with E-state index in [0.29, 0.717) is 6.54 Å². The summed E-state index contributed by atoms with van der Waals surface area (Å²) in [6.07, 6.45) is 10.9. The van der Waals surface area contributed by atoms with Crippen molar-refractivity contribution >= 4 is 0 Å².